The van der Waals surface area contributed by atoms with Crippen molar-refractivity contribution >= 4 is 16.7 Å². The molecule has 108 valence electrons. The molecule has 1 aliphatic heterocycles. The van der Waals surface area contributed by atoms with Gasteiger partial charge in [-0.2, -0.15) is 5.10 Å². The van der Waals surface area contributed by atoms with Crippen LogP contribution in [0, 0.1) is 0 Å². The Hall–Kier alpha value is -1.55. The number of rotatable bonds is 1. The second-order valence-electron chi connectivity index (χ2n) is 6.85. The molecule has 1 fully saturated rings. The number of piperazine rings is 1. The van der Waals surface area contributed by atoms with Gasteiger partial charge < -0.3 is 9.80 Å². The van der Waals surface area contributed by atoms with E-state index < -0.39 is 0 Å². The summed E-state index contributed by atoms with van der Waals surface area (Å²) in [6, 6.07) is 6.66. The van der Waals surface area contributed by atoms with Crippen molar-refractivity contribution in [3.8, 4) is 0 Å². The fourth-order valence-corrected chi connectivity index (χ4v) is 2.73. The molecule has 1 aromatic carbocycles. The molecule has 0 unspecified atom stereocenters. The molecule has 0 spiro atoms. The summed E-state index contributed by atoms with van der Waals surface area (Å²) < 4.78 is 0. The molecule has 0 aliphatic carbocycles. The van der Waals surface area contributed by atoms with Crippen molar-refractivity contribution in [2.24, 2.45) is 0 Å². The van der Waals surface area contributed by atoms with E-state index in [1.54, 1.807) is 0 Å². The van der Waals surface area contributed by atoms with Crippen LogP contribution in [-0.4, -0.2) is 48.3 Å². The quantitative estimate of drug-likeness (QED) is 0.866. The van der Waals surface area contributed by atoms with E-state index in [1.807, 2.05) is 0 Å². The zero-order chi connectivity index (χ0) is 14.3. The molecule has 1 aliphatic rings. The Morgan fingerprint density at radius 1 is 1.10 bits per heavy atom. The highest BCUT2D eigenvalue weighted by Crippen LogP contribution is 2.30. The van der Waals surface area contributed by atoms with Gasteiger partial charge in [-0.15, -0.1) is 0 Å². The predicted octanol–water partition coefficient (Wildman–Crippen LogP) is 2.61. The van der Waals surface area contributed by atoms with Crippen molar-refractivity contribution in [1.29, 1.82) is 0 Å². The van der Waals surface area contributed by atoms with Gasteiger partial charge in [0.25, 0.3) is 0 Å². The second-order valence-corrected chi connectivity index (χ2v) is 6.85. The van der Waals surface area contributed by atoms with Crippen LogP contribution in [0.2, 0.25) is 0 Å². The lowest BCUT2D eigenvalue weighted by atomic mass is 9.86. The van der Waals surface area contributed by atoms with Gasteiger partial charge in [-0.25, -0.2) is 0 Å². The third-order valence-electron chi connectivity index (χ3n) is 4.21. The number of likely N-dealkylation sites (N-methyl/N-ethyl adjacent to an activating group) is 1. The second kappa shape index (κ2) is 4.77. The monoisotopic (exact) mass is 272 g/mol. The Balaban J connectivity index is 1.99. The van der Waals surface area contributed by atoms with Crippen LogP contribution in [-0.2, 0) is 5.41 Å². The summed E-state index contributed by atoms with van der Waals surface area (Å²) in [5.41, 5.74) is 2.67. The number of benzene rings is 1. The van der Waals surface area contributed by atoms with Gasteiger partial charge in [0, 0.05) is 31.6 Å². The Kier molecular flexibility index (Phi) is 3.21. The lowest BCUT2D eigenvalue weighted by molar-refractivity contribution is 0.312. The molecular weight excluding hydrogens is 248 g/mol. The van der Waals surface area contributed by atoms with Crippen molar-refractivity contribution in [2.45, 2.75) is 26.2 Å². The first-order valence-electron chi connectivity index (χ1n) is 7.37. The first-order chi connectivity index (χ1) is 9.45. The zero-order valence-corrected chi connectivity index (χ0v) is 12.9. The minimum Gasteiger partial charge on any atom is -0.352 e. The van der Waals surface area contributed by atoms with Crippen LogP contribution < -0.4 is 4.90 Å². The molecule has 4 heteroatoms. The number of anilines is 1. The number of nitrogens with one attached hydrogen (secondary N) is 1. The van der Waals surface area contributed by atoms with Crippen LogP contribution >= 0.6 is 0 Å². The number of aromatic amines is 1. The van der Waals surface area contributed by atoms with Crippen molar-refractivity contribution in [1.82, 2.24) is 15.1 Å². The smallest absolute Gasteiger partial charge is 0.158 e. The fourth-order valence-electron chi connectivity index (χ4n) is 2.73. The Bertz CT molecular complexity index is 600. The van der Waals surface area contributed by atoms with E-state index in [1.165, 1.54) is 10.9 Å². The number of aromatic nitrogens is 2. The van der Waals surface area contributed by atoms with E-state index in [2.05, 4.69) is 66.0 Å². The number of nitrogens with zero attached hydrogens (tertiary/aromatic N) is 3. The van der Waals surface area contributed by atoms with Gasteiger partial charge in [0.05, 0.1) is 5.52 Å². The highest BCUT2D eigenvalue weighted by molar-refractivity contribution is 5.91. The third kappa shape index (κ3) is 2.40. The summed E-state index contributed by atoms with van der Waals surface area (Å²) in [6.07, 6.45) is 0. The topological polar surface area (TPSA) is 35.2 Å². The number of hydrogen-bond donors (Lipinski definition) is 1. The summed E-state index contributed by atoms with van der Waals surface area (Å²) in [5, 5.41) is 8.97. The SMILES string of the molecule is CN1CCN(c2n[nH]c3ccc(C(C)(C)C)cc23)CC1. The molecule has 2 aromatic rings. The molecule has 0 radical (unpaired) electrons. The van der Waals surface area contributed by atoms with Crippen molar-refractivity contribution in [3.63, 3.8) is 0 Å². The van der Waals surface area contributed by atoms with Gasteiger partial charge in [-0.1, -0.05) is 26.8 Å². The van der Waals surface area contributed by atoms with Gasteiger partial charge >= 0.3 is 0 Å². The van der Waals surface area contributed by atoms with Gasteiger partial charge in [-0.3, -0.25) is 5.10 Å². The third-order valence-corrected chi connectivity index (χ3v) is 4.21. The maximum atomic E-state index is 4.55. The van der Waals surface area contributed by atoms with Crippen LogP contribution in [0.4, 0.5) is 5.82 Å². The maximum Gasteiger partial charge on any atom is 0.158 e. The van der Waals surface area contributed by atoms with E-state index in [9.17, 15) is 0 Å². The van der Waals surface area contributed by atoms with Crippen LogP contribution in [0.15, 0.2) is 18.2 Å². The van der Waals surface area contributed by atoms with E-state index in [-0.39, 0.29) is 5.41 Å². The molecule has 0 atom stereocenters. The first kappa shape index (κ1) is 13.4. The molecule has 0 bridgehead atoms. The molecule has 4 nitrogen and oxygen atoms in total. The van der Waals surface area contributed by atoms with E-state index in [0.717, 1.165) is 37.5 Å². The largest absolute Gasteiger partial charge is 0.352 e. The summed E-state index contributed by atoms with van der Waals surface area (Å²) in [7, 11) is 2.18. The highest BCUT2D eigenvalue weighted by Gasteiger charge is 2.20. The lowest BCUT2D eigenvalue weighted by Crippen LogP contribution is -2.44. The standard InChI is InChI=1S/C16H24N4/c1-16(2,3)12-5-6-14-13(11-12)15(18-17-14)20-9-7-19(4)8-10-20/h5-6,11H,7-10H2,1-4H3,(H,17,18). The Labute approximate surface area is 120 Å². The number of H-pyrrole nitrogens is 1. The van der Waals surface area contributed by atoms with E-state index in [0.29, 0.717) is 0 Å². The minimum atomic E-state index is 0.171. The molecule has 20 heavy (non-hydrogen) atoms. The molecule has 1 saturated heterocycles. The van der Waals surface area contributed by atoms with Crippen molar-refractivity contribution in [2.75, 3.05) is 38.1 Å². The van der Waals surface area contributed by atoms with Crippen LogP contribution in [0.5, 0.6) is 0 Å². The molecule has 3 rings (SSSR count). The van der Waals surface area contributed by atoms with E-state index in [4.69, 9.17) is 0 Å². The minimum absolute atomic E-state index is 0.171. The molecule has 1 N–H and O–H groups in total. The van der Waals surface area contributed by atoms with Gasteiger partial charge in [0.15, 0.2) is 5.82 Å². The highest BCUT2D eigenvalue weighted by atomic mass is 15.3. The first-order valence-corrected chi connectivity index (χ1v) is 7.37. The average Bonchev–Trinajstić information content (AvgIpc) is 2.81. The van der Waals surface area contributed by atoms with Crippen molar-refractivity contribution in [3.05, 3.63) is 23.8 Å². The summed E-state index contributed by atoms with van der Waals surface area (Å²) in [5.74, 6) is 1.11. The Morgan fingerprint density at radius 3 is 2.45 bits per heavy atom. The molecule has 1 aromatic heterocycles. The van der Waals surface area contributed by atoms with Gasteiger partial charge in [0.2, 0.25) is 0 Å². The normalized spacial score (nSPS) is 17.9. The number of fused-ring (bicyclic) bond motifs is 1. The number of hydrogen-bond acceptors (Lipinski definition) is 3. The van der Waals surface area contributed by atoms with Gasteiger partial charge in [-0.05, 0) is 30.2 Å². The molecule has 0 amide bonds. The summed E-state index contributed by atoms with van der Waals surface area (Å²) in [4.78, 5) is 4.76. The van der Waals surface area contributed by atoms with Crippen LogP contribution in [0.3, 0.4) is 0 Å². The van der Waals surface area contributed by atoms with Crippen LogP contribution in [0.1, 0.15) is 26.3 Å². The maximum absolute atomic E-state index is 4.55. The lowest BCUT2D eigenvalue weighted by Gasteiger charge is -2.32. The Morgan fingerprint density at radius 2 is 1.80 bits per heavy atom. The average molecular weight is 272 g/mol. The zero-order valence-electron chi connectivity index (χ0n) is 12.9. The summed E-state index contributed by atoms with van der Waals surface area (Å²) in [6.45, 7) is 11.1. The fraction of sp³-hybridized carbons (Fsp3) is 0.562. The summed E-state index contributed by atoms with van der Waals surface area (Å²) >= 11 is 0. The predicted molar refractivity (Wildman–Crippen MR) is 84.5 cm³/mol. The van der Waals surface area contributed by atoms with E-state index >= 15 is 0 Å². The van der Waals surface area contributed by atoms with Crippen LogP contribution in [0.25, 0.3) is 10.9 Å². The molecular formula is C16H24N4. The molecule has 2 heterocycles. The van der Waals surface area contributed by atoms with Gasteiger partial charge in [0.1, 0.15) is 0 Å². The molecule has 0 saturated carbocycles. The van der Waals surface area contributed by atoms with Crippen molar-refractivity contribution < 1.29 is 0 Å².